The van der Waals surface area contributed by atoms with Crippen LogP contribution in [0.1, 0.15) is 6.92 Å². The highest BCUT2D eigenvalue weighted by Gasteiger charge is 2.48. The Morgan fingerprint density at radius 3 is 1.69 bits per heavy atom. The van der Waals surface area contributed by atoms with Gasteiger partial charge in [-0.05, 0) is 6.92 Å². The first-order chi connectivity index (χ1) is 6.07. The fraction of sp³-hybridized carbons (Fsp3) is 0.750. The molecule has 0 radical (unpaired) electrons. The smallest absolute Gasteiger partial charge is 0.393 e. The van der Waals surface area contributed by atoms with Gasteiger partial charge in [-0.25, -0.2) is 0 Å². The number of rotatable bonds is 6. The Hall–Kier alpha value is -0.203. The fourth-order valence-electron chi connectivity index (χ4n) is 1.29. The lowest BCUT2D eigenvalue weighted by atomic mass is 10.3. The van der Waals surface area contributed by atoms with Crippen LogP contribution in [0.2, 0.25) is 5.54 Å². The molecule has 0 aliphatic heterocycles. The normalized spacial score (nSPS) is 16.7. The van der Waals surface area contributed by atoms with Crippen LogP contribution in [0.25, 0.3) is 0 Å². The SMILES string of the molecule is C=CC(C(C)O)[Si](OC)(OC)OC. The van der Waals surface area contributed by atoms with Gasteiger partial charge in [-0.2, -0.15) is 0 Å². The molecule has 0 rings (SSSR count). The summed E-state index contributed by atoms with van der Waals surface area (Å²) in [7, 11) is 1.76. The zero-order valence-corrected chi connectivity index (χ0v) is 9.61. The Balaban J connectivity index is 4.76. The van der Waals surface area contributed by atoms with Gasteiger partial charge < -0.3 is 18.4 Å². The second-order valence-corrected chi connectivity index (χ2v) is 5.82. The monoisotopic (exact) mass is 206 g/mol. The van der Waals surface area contributed by atoms with E-state index in [1.54, 1.807) is 13.0 Å². The van der Waals surface area contributed by atoms with Crippen molar-refractivity contribution in [1.29, 1.82) is 0 Å². The van der Waals surface area contributed by atoms with Crippen LogP contribution in [0.3, 0.4) is 0 Å². The third kappa shape index (κ3) is 2.62. The first kappa shape index (κ1) is 12.8. The Kier molecular flexibility index (Phi) is 5.42. The van der Waals surface area contributed by atoms with Crippen molar-refractivity contribution in [2.24, 2.45) is 0 Å². The minimum absolute atomic E-state index is 0.299. The fourth-order valence-corrected chi connectivity index (χ4v) is 3.49. The second kappa shape index (κ2) is 5.51. The Morgan fingerprint density at radius 2 is 1.62 bits per heavy atom. The van der Waals surface area contributed by atoms with E-state index in [1.165, 1.54) is 21.3 Å². The summed E-state index contributed by atoms with van der Waals surface area (Å²) in [5.74, 6) is 0. The van der Waals surface area contributed by atoms with Gasteiger partial charge in [-0.1, -0.05) is 6.08 Å². The summed E-state index contributed by atoms with van der Waals surface area (Å²) in [6.45, 7) is 5.28. The quantitative estimate of drug-likeness (QED) is 0.516. The van der Waals surface area contributed by atoms with Crippen molar-refractivity contribution in [1.82, 2.24) is 0 Å². The first-order valence-corrected chi connectivity index (χ1v) is 5.84. The van der Waals surface area contributed by atoms with E-state index >= 15 is 0 Å². The van der Waals surface area contributed by atoms with Gasteiger partial charge in [0.2, 0.25) is 0 Å². The molecular formula is C8H18O4Si. The lowest BCUT2D eigenvalue weighted by molar-refractivity contribution is 0.0875. The molecule has 0 spiro atoms. The third-order valence-electron chi connectivity index (χ3n) is 2.04. The highest BCUT2D eigenvalue weighted by Crippen LogP contribution is 2.28. The minimum Gasteiger partial charge on any atom is -0.393 e. The molecule has 0 bridgehead atoms. The summed E-state index contributed by atoms with van der Waals surface area (Å²) in [6.07, 6.45) is 1.01. The highest BCUT2D eigenvalue weighted by molar-refractivity contribution is 6.63. The molecule has 0 fully saturated rings. The van der Waals surface area contributed by atoms with Crippen LogP contribution in [-0.2, 0) is 13.3 Å². The number of hydrogen-bond donors (Lipinski definition) is 1. The van der Waals surface area contributed by atoms with Crippen molar-refractivity contribution in [2.75, 3.05) is 21.3 Å². The van der Waals surface area contributed by atoms with Crippen molar-refractivity contribution in [3.05, 3.63) is 12.7 Å². The van der Waals surface area contributed by atoms with Gasteiger partial charge in [0.25, 0.3) is 0 Å². The average molecular weight is 206 g/mol. The van der Waals surface area contributed by atoms with Gasteiger partial charge >= 0.3 is 8.80 Å². The molecule has 2 atom stereocenters. The molecule has 0 aliphatic carbocycles. The number of aliphatic hydroxyl groups excluding tert-OH is 1. The van der Waals surface area contributed by atoms with Crippen molar-refractivity contribution >= 4 is 8.80 Å². The van der Waals surface area contributed by atoms with Crippen LogP contribution in [0, 0.1) is 0 Å². The predicted octanol–water partition coefficient (Wildman–Crippen LogP) is 0.801. The summed E-state index contributed by atoms with van der Waals surface area (Å²) < 4.78 is 15.6. The standard InChI is InChI=1S/C8H18O4Si/c1-6-8(7(2)9)13(10-3,11-4)12-5/h6-9H,1H2,2-5H3. The molecule has 1 N–H and O–H groups in total. The molecule has 0 aromatic carbocycles. The maximum absolute atomic E-state index is 9.46. The lowest BCUT2D eigenvalue weighted by Crippen LogP contribution is -2.50. The summed E-state index contributed by atoms with van der Waals surface area (Å²) in [4.78, 5) is 0. The van der Waals surface area contributed by atoms with Gasteiger partial charge in [0.15, 0.2) is 0 Å². The van der Waals surface area contributed by atoms with Crippen LogP contribution in [0.5, 0.6) is 0 Å². The Bertz CT molecular complexity index is 148. The molecule has 0 aromatic heterocycles. The molecule has 78 valence electrons. The molecule has 2 unspecified atom stereocenters. The number of aliphatic hydroxyl groups is 1. The highest BCUT2D eigenvalue weighted by atomic mass is 28.4. The van der Waals surface area contributed by atoms with Gasteiger partial charge in [0.05, 0.1) is 11.6 Å². The molecule has 0 heterocycles. The summed E-state index contributed by atoms with van der Waals surface area (Å²) in [5, 5.41) is 9.46. The molecule has 0 saturated carbocycles. The molecule has 0 aliphatic rings. The second-order valence-electron chi connectivity index (χ2n) is 2.72. The Morgan fingerprint density at radius 1 is 1.23 bits per heavy atom. The van der Waals surface area contributed by atoms with Crippen molar-refractivity contribution in [3.8, 4) is 0 Å². The van der Waals surface area contributed by atoms with E-state index in [9.17, 15) is 5.11 Å². The van der Waals surface area contributed by atoms with Crippen LogP contribution < -0.4 is 0 Å². The molecule has 0 aromatic rings. The van der Waals surface area contributed by atoms with E-state index in [4.69, 9.17) is 13.3 Å². The van der Waals surface area contributed by atoms with Gasteiger partial charge in [-0.3, -0.25) is 0 Å². The lowest BCUT2D eigenvalue weighted by Gasteiger charge is -2.31. The number of hydrogen-bond acceptors (Lipinski definition) is 4. The van der Waals surface area contributed by atoms with E-state index < -0.39 is 14.9 Å². The van der Waals surface area contributed by atoms with Crippen LogP contribution in [0.4, 0.5) is 0 Å². The zero-order chi connectivity index (χ0) is 10.5. The van der Waals surface area contributed by atoms with Gasteiger partial charge in [-0.15, -0.1) is 6.58 Å². The van der Waals surface area contributed by atoms with Crippen LogP contribution in [-0.4, -0.2) is 41.3 Å². The topological polar surface area (TPSA) is 47.9 Å². The van der Waals surface area contributed by atoms with E-state index in [0.717, 1.165) is 0 Å². The molecule has 0 saturated heterocycles. The van der Waals surface area contributed by atoms with Crippen molar-refractivity contribution in [3.63, 3.8) is 0 Å². The maximum atomic E-state index is 9.46. The molecule has 0 amide bonds. The first-order valence-electron chi connectivity index (χ1n) is 4.04. The third-order valence-corrected chi connectivity index (χ3v) is 5.28. The van der Waals surface area contributed by atoms with E-state index in [-0.39, 0.29) is 5.54 Å². The molecule has 13 heavy (non-hydrogen) atoms. The summed E-state index contributed by atoms with van der Waals surface area (Å²) in [6, 6.07) is 0. The molecule has 4 nitrogen and oxygen atoms in total. The summed E-state index contributed by atoms with van der Waals surface area (Å²) in [5.41, 5.74) is -0.299. The van der Waals surface area contributed by atoms with Crippen LogP contribution in [0.15, 0.2) is 12.7 Å². The van der Waals surface area contributed by atoms with Crippen molar-refractivity contribution < 1.29 is 18.4 Å². The molecule has 5 heteroatoms. The van der Waals surface area contributed by atoms with E-state index in [1.807, 2.05) is 0 Å². The average Bonchev–Trinajstić information content (AvgIpc) is 2.13. The van der Waals surface area contributed by atoms with Crippen LogP contribution >= 0.6 is 0 Å². The van der Waals surface area contributed by atoms with E-state index in [0.29, 0.717) is 0 Å². The maximum Gasteiger partial charge on any atom is 0.510 e. The zero-order valence-electron chi connectivity index (χ0n) is 8.61. The van der Waals surface area contributed by atoms with Gasteiger partial charge in [0, 0.05) is 21.3 Å². The van der Waals surface area contributed by atoms with Gasteiger partial charge in [0.1, 0.15) is 0 Å². The predicted molar refractivity (Wildman–Crippen MR) is 52.4 cm³/mol. The van der Waals surface area contributed by atoms with E-state index in [2.05, 4.69) is 6.58 Å². The summed E-state index contributed by atoms with van der Waals surface area (Å²) >= 11 is 0. The van der Waals surface area contributed by atoms with Crippen molar-refractivity contribution in [2.45, 2.75) is 18.6 Å². The Labute approximate surface area is 80.5 Å². The largest absolute Gasteiger partial charge is 0.510 e. The minimum atomic E-state index is -2.78. The molecular weight excluding hydrogens is 188 g/mol.